The summed E-state index contributed by atoms with van der Waals surface area (Å²) in [6.45, 7) is 4.52. The van der Waals surface area contributed by atoms with Gasteiger partial charge in [0, 0.05) is 25.9 Å². The minimum atomic E-state index is -0.578. The summed E-state index contributed by atoms with van der Waals surface area (Å²) in [6.07, 6.45) is 7.64. The van der Waals surface area contributed by atoms with E-state index in [2.05, 4.69) is 18.8 Å². The molecular weight excluding hydrogens is 238 g/mol. The molecule has 1 aliphatic rings. The van der Waals surface area contributed by atoms with Crippen molar-refractivity contribution < 1.29 is 9.53 Å². The molecule has 1 aromatic rings. The van der Waals surface area contributed by atoms with Gasteiger partial charge < -0.3 is 4.74 Å². The average molecular weight is 261 g/mol. The van der Waals surface area contributed by atoms with Crippen molar-refractivity contribution in [3.8, 4) is 0 Å². The predicted molar refractivity (Wildman–Crippen MR) is 74.9 cm³/mol. The molecule has 0 amide bonds. The van der Waals surface area contributed by atoms with E-state index in [0.717, 1.165) is 31.2 Å². The zero-order valence-electron chi connectivity index (χ0n) is 12.1. The van der Waals surface area contributed by atoms with Crippen LogP contribution in [0.4, 0.5) is 0 Å². The number of rotatable bonds is 4. The molecule has 0 unspecified atom stereocenters. The maximum atomic E-state index is 12.6. The number of pyridine rings is 1. The van der Waals surface area contributed by atoms with Crippen LogP contribution >= 0.6 is 0 Å². The van der Waals surface area contributed by atoms with Crippen LogP contribution in [0.1, 0.15) is 45.1 Å². The topological polar surface area (TPSA) is 39.2 Å². The number of aromatic nitrogens is 1. The number of nitrogens with zero attached hydrogens (tertiary/aromatic N) is 1. The fourth-order valence-electron chi connectivity index (χ4n) is 2.78. The average Bonchev–Trinajstić information content (AvgIpc) is 2.40. The van der Waals surface area contributed by atoms with Crippen molar-refractivity contribution in [3.63, 3.8) is 0 Å². The number of ketones is 1. The first-order valence-corrected chi connectivity index (χ1v) is 6.95. The molecule has 2 rings (SSSR count). The molecule has 0 saturated heterocycles. The first-order valence-electron chi connectivity index (χ1n) is 6.95. The van der Waals surface area contributed by atoms with Gasteiger partial charge >= 0.3 is 0 Å². The summed E-state index contributed by atoms with van der Waals surface area (Å²) in [7, 11) is 1.67. The van der Waals surface area contributed by atoms with Crippen LogP contribution in [0.3, 0.4) is 0 Å². The maximum Gasteiger partial charge on any atom is 0.169 e. The Morgan fingerprint density at radius 3 is 2.53 bits per heavy atom. The van der Waals surface area contributed by atoms with Gasteiger partial charge in [0.25, 0.3) is 0 Å². The lowest BCUT2D eigenvalue weighted by Crippen LogP contribution is -2.46. The lowest BCUT2D eigenvalue weighted by Gasteiger charge is -2.41. The normalized spacial score (nSPS) is 21.0. The van der Waals surface area contributed by atoms with E-state index in [9.17, 15) is 4.79 Å². The van der Waals surface area contributed by atoms with Crippen molar-refractivity contribution in [2.24, 2.45) is 5.41 Å². The molecule has 1 heterocycles. The summed E-state index contributed by atoms with van der Waals surface area (Å²) in [5.41, 5.74) is 0.718. The lowest BCUT2D eigenvalue weighted by atomic mass is 9.69. The Morgan fingerprint density at radius 1 is 1.32 bits per heavy atom. The van der Waals surface area contributed by atoms with Crippen LogP contribution in [-0.4, -0.2) is 23.5 Å². The van der Waals surface area contributed by atoms with Crippen LogP contribution in [0.2, 0.25) is 0 Å². The van der Waals surface area contributed by atoms with Gasteiger partial charge in [-0.15, -0.1) is 0 Å². The van der Waals surface area contributed by atoms with Gasteiger partial charge in [-0.25, -0.2) is 0 Å². The molecule has 3 nitrogen and oxygen atoms in total. The molecule has 1 aromatic heterocycles. The Hall–Kier alpha value is -1.22. The van der Waals surface area contributed by atoms with E-state index in [1.807, 2.05) is 12.1 Å². The summed E-state index contributed by atoms with van der Waals surface area (Å²) in [6, 6.07) is 3.81. The van der Waals surface area contributed by atoms with Gasteiger partial charge in [0.15, 0.2) is 5.78 Å². The van der Waals surface area contributed by atoms with E-state index in [1.165, 1.54) is 0 Å². The Labute approximate surface area is 115 Å². The van der Waals surface area contributed by atoms with Crippen LogP contribution in [0.25, 0.3) is 0 Å². The van der Waals surface area contributed by atoms with Gasteiger partial charge in [0.2, 0.25) is 0 Å². The molecule has 3 heteroatoms. The molecule has 104 valence electrons. The van der Waals surface area contributed by atoms with Crippen molar-refractivity contribution in [2.45, 2.75) is 51.6 Å². The summed E-state index contributed by atoms with van der Waals surface area (Å²) in [4.78, 5) is 16.6. The third-order valence-corrected chi connectivity index (χ3v) is 4.40. The molecule has 1 saturated carbocycles. The number of methoxy groups -OCH3 is 1. The maximum absolute atomic E-state index is 12.6. The zero-order chi connectivity index (χ0) is 13.9. The molecule has 0 atom stereocenters. The first-order chi connectivity index (χ1) is 8.97. The van der Waals surface area contributed by atoms with E-state index in [4.69, 9.17) is 4.74 Å². The predicted octanol–water partition coefficient (Wildman–Crippen LogP) is 3.18. The van der Waals surface area contributed by atoms with E-state index >= 15 is 0 Å². The van der Waals surface area contributed by atoms with Crippen molar-refractivity contribution in [1.29, 1.82) is 0 Å². The molecule has 0 radical (unpaired) electrons. The Bertz CT molecular complexity index is 429. The van der Waals surface area contributed by atoms with Crippen LogP contribution in [0.5, 0.6) is 0 Å². The van der Waals surface area contributed by atoms with Gasteiger partial charge in [0.1, 0.15) is 5.60 Å². The SMILES string of the molecule is COC1(C(=O)Cc2cccnc2)CCC(C)(C)CC1. The number of ether oxygens (including phenoxy) is 1. The summed E-state index contributed by atoms with van der Waals surface area (Å²) in [5.74, 6) is 0.193. The fourth-order valence-corrected chi connectivity index (χ4v) is 2.78. The van der Waals surface area contributed by atoms with E-state index in [1.54, 1.807) is 19.5 Å². The standard InChI is InChI=1S/C16H23NO2/c1-15(2)6-8-16(19-3,9-7-15)14(18)11-13-5-4-10-17-12-13/h4-5,10,12H,6-9,11H2,1-3H3. The molecule has 0 aliphatic heterocycles. The second-order valence-corrected chi connectivity index (χ2v) is 6.32. The van der Waals surface area contributed by atoms with Gasteiger partial charge in [-0.05, 0) is 42.7 Å². The largest absolute Gasteiger partial charge is 0.370 e. The third-order valence-electron chi connectivity index (χ3n) is 4.40. The van der Waals surface area contributed by atoms with Gasteiger partial charge in [-0.2, -0.15) is 0 Å². The van der Waals surface area contributed by atoms with E-state index < -0.39 is 5.60 Å². The van der Waals surface area contributed by atoms with Crippen molar-refractivity contribution in [1.82, 2.24) is 4.98 Å². The lowest BCUT2D eigenvalue weighted by molar-refractivity contribution is -0.147. The summed E-state index contributed by atoms with van der Waals surface area (Å²) in [5, 5.41) is 0. The Balaban J connectivity index is 2.08. The highest BCUT2D eigenvalue weighted by molar-refractivity contribution is 5.89. The quantitative estimate of drug-likeness (QED) is 0.835. The number of carbonyl (C=O) groups excluding carboxylic acids is 1. The first kappa shape index (κ1) is 14.2. The number of carbonyl (C=O) groups is 1. The van der Waals surface area contributed by atoms with E-state index in [0.29, 0.717) is 11.8 Å². The van der Waals surface area contributed by atoms with E-state index in [-0.39, 0.29) is 5.78 Å². The second kappa shape index (κ2) is 5.41. The number of hydrogen-bond donors (Lipinski definition) is 0. The molecule has 1 aliphatic carbocycles. The highest BCUT2D eigenvalue weighted by atomic mass is 16.5. The van der Waals surface area contributed by atoms with Gasteiger partial charge in [-0.1, -0.05) is 19.9 Å². The Morgan fingerprint density at radius 2 is 2.00 bits per heavy atom. The smallest absolute Gasteiger partial charge is 0.169 e. The highest BCUT2D eigenvalue weighted by Gasteiger charge is 2.43. The van der Waals surface area contributed by atoms with Crippen molar-refractivity contribution in [3.05, 3.63) is 30.1 Å². The van der Waals surface area contributed by atoms with Crippen LogP contribution in [0.15, 0.2) is 24.5 Å². The minimum absolute atomic E-state index is 0.193. The molecular formula is C16H23NO2. The second-order valence-electron chi connectivity index (χ2n) is 6.32. The zero-order valence-corrected chi connectivity index (χ0v) is 12.1. The molecule has 0 aromatic carbocycles. The molecule has 0 bridgehead atoms. The van der Waals surface area contributed by atoms with Crippen molar-refractivity contribution in [2.75, 3.05) is 7.11 Å². The van der Waals surface area contributed by atoms with Gasteiger partial charge in [-0.3, -0.25) is 9.78 Å². The number of hydrogen-bond acceptors (Lipinski definition) is 3. The fraction of sp³-hybridized carbons (Fsp3) is 0.625. The van der Waals surface area contributed by atoms with Gasteiger partial charge in [0.05, 0.1) is 0 Å². The monoisotopic (exact) mass is 261 g/mol. The Kier molecular flexibility index (Phi) is 4.04. The molecule has 1 fully saturated rings. The molecule has 19 heavy (non-hydrogen) atoms. The van der Waals surface area contributed by atoms with Crippen molar-refractivity contribution >= 4 is 5.78 Å². The molecule has 0 spiro atoms. The summed E-state index contributed by atoms with van der Waals surface area (Å²) < 4.78 is 5.64. The van der Waals surface area contributed by atoms with Crippen LogP contribution in [-0.2, 0) is 16.0 Å². The number of Topliss-reactive ketones (excluding diaryl/α,β-unsaturated/α-hetero) is 1. The minimum Gasteiger partial charge on any atom is -0.370 e. The summed E-state index contributed by atoms with van der Waals surface area (Å²) >= 11 is 0. The molecule has 0 N–H and O–H groups in total. The third kappa shape index (κ3) is 3.21. The highest BCUT2D eigenvalue weighted by Crippen LogP contribution is 2.42. The van der Waals surface area contributed by atoms with Crippen LogP contribution < -0.4 is 0 Å². The van der Waals surface area contributed by atoms with Crippen LogP contribution in [0, 0.1) is 5.41 Å².